The summed E-state index contributed by atoms with van der Waals surface area (Å²) in [5.41, 5.74) is 2.95. The molecule has 1 heterocycles. The number of rotatable bonds is 3. The molecule has 0 unspecified atom stereocenters. The van der Waals surface area contributed by atoms with Crippen molar-refractivity contribution in [3.05, 3.63) is 66.1 Å². The van der Waals surface area contributed by atoms with Crippen LogP contribution in [0.4, 0.5) is 5.69 Å². The van der Waals surface area contributed by atoms with Crippen molar-refractivity contribution in [1.29, 1.82) is 5.26 Å². The number of hydrogen-bond donors (Lipinski definition) is 0. The maximum Gasteiger partial charge on any atom is 0.0998 e. The fourth-order valence-electron chi connectivity index (χ4n) is 2.46. The third-order valence-corrected chi connectivity index (χ3v) is 3.43. The van der Waals surface area contributed by atoms with Crippen LogP contribution in [0.1, 0.15) is 11.1 Å². The third-order valence-electron chi connectivity index (χ3n) is 3.43. The minimum atomic E-state index is 0.709. The van der Waals surface area contributed by atoms with Gasteiger partial charge in [0.25, 0.3) is 0 Å². The predicted octanol–water partition coefficient (Wildman–Crippen LogP) is 3.94. The number of fused-ring (bicyclic) bond motifs is 1. The van der Waals surface area contributed by atoms with Gasteiger partial charge in [0.05, 0.1) is 24.2 Å². The van der Waals surface area contributed by atoms with Crippen molar-refractivity contribution in [2.24, 2.45) is 0 Å². The Morgan fingerprint density at radius 2 is 1.90 bits per heavy atom. The van der Waals surface area contributed by atoms with Crippen molar-refractivity contribution in [2.75, 3.05) is 11.9 Å². The summed E-state index contributed by atoms with van der Waals surface area (Å²) in [6.45, 7) is 0.770. The SMILES string of the molecule is CN(Cc1ccoc1)c1ccc(C#N)c2ccccc12. The molecule has 98 valence electrons. The molecule has 0 radical (unpaired) electrons. The van der Waals surface area contributed by atoms with Gasteiger partial charge in [0.2, 0.25) is 0 Å². The highest BCUT2D eigenvalue weighted by atomic mass is 16.3. The van der Waals surface area contributed by atoms with Gasteiger partial charge in [0.15, 0.2) is 0 Å². The molecule has 1 aromatic heterocycles. The van der Waals surface area contributed by atoms with Crippen molar-refractivity contribution < 1.29 is 4.42 Å². The van der Waals surface area contributed by atoms with Crippen molar-refractivity contribution >= 4 is 16.5 Å². The van der Waals surface area contributed by atoms with Gasteiger partial charge in [-0.05, 0) is 18.2 Å². The third kappa shape index (κ3) is 2.12. The highest BCUT2D eigenvalue weighted by Crippen LogP contribution is 2.29. The normalized spacial score (nSPS) is 10.4. The minimum absolute atomic E-state index is 0.709. The molecule has 0 aliphatic rings. The van der Waals surface area contributed by atoms with E-state index in [4.69, 9.17) is 4.42 Å². The van der Waals surface area contributed by atoms with E-state index in [0.717, 1.165) is 28.6 Å². The van der Waals surface area contributed by atoms with E-state index < -0.39 is 0 Å². The number of hydrogen-bond acceptors (Lipinski definition) is 3. The van der Waals surface area contributed by atoms with E-state index >= 15 is 0 Å². The Labute approximate surface area is 117 Å². The summed E-state index contributed by atoms with van der Waals surface area (Å²) in [6.07, 6.45) is 3.43. The highest BCUT2D eigenvalue weighted by molar-refractivity contribution is 5.97. The summed E-state index contributed by atoms with van der Waals surface area (Å²) >= 11 is 0. The van der Waals surface area contributed by atoms with Gasteiger partial charge in [-0.15, -0.1) is 0 Å². The first-order valence-electron chi connectivity index (χ1n) is 6.43. The molecule has 0 atom stereocenters. The molecule has 0 aliphatic carbocycles. The molecule has 0 spiro atoms. The molecule has 0 saturated heterocycles. The fraction of sp³-hybridized carbons (Fsp3) is 0.118. The van der Waals surface area contributed by atoms with Crippen LogP contribution < -0.4 is 4.90 Å². The number of nitriles is 1. The Balaban J connectivity index is 2.06. The van der Waals surface area contributed by atoms with Gasteiger partial charge in [0, 0.05) is 35.6 Å². The van der Waals surface area contributed by atoms with E-state index in [9.17, 15) is 5.26 Å². The van der Waals surface area contributed by atoms with Crippen LogP contribution in [0.25, 0.3) is 10.8 Å². The lowest BCUT2D eigenvalue weighted by atomic mass is 10.0. The van der Waals surface area contributed by atoms with Crippen molar-refractivity contribution in [3.8, 4) is 6.07 Å². The summed E-state index contributed by atoms with van der Waals surface area (Å²) in [5, 5.41) is 11.3. The highest BCUT2D eigenvalue weighted by Gasteiger charge is 2.09. The molecular formula is C17H14N2O. The number of nitrogens with zero attached hydrogens (tertiary/aromatic N) is 2. The molecule has 3 heteroatoms. The maximum absolute atomic E-state index is 9.20. The Bertz CT molecular complexity index is 769. The molecule has 3 aromatic rings. The Hall–Kier alpha value is -2.73. The molecule has 3 nitrogen and oxygen atoms in total. The van der Waals surface area contributed by atoms with Gasteiger partial charge in [-0.25, -0.2) is 0 Å². The first kappa shape index (κ1) is 12.3. The second-order valence-electron chi connectivity index (χ2n) is 4.78. The fourth-order valence-corrected chi connectivity index (χ4v) is 2.46. The smallest absolute Gasteiger partial charge is 0.0998 e. The zero-order chi connectivity index (χ0) is 13.9. The number of benzene rings is 2. The number of anilines is 1. The Morgan fingerprint density at radius 1 is 1.10 bits per heavy atom. The topological polar surface area (TPSA) is 40.2 Å². The predicted molar refractivity (Wildman–Crippen MR) is 79.5 cm³/mol. The molecule has 0 saturated carbocycles. The van der Waals surface area contributed by atoms with Crippen LogP contribution in [0.3, 0.4) is 0 Å². The van der Waals surface area contributed by atoms with Gasteiger partial charge in [-0.1, -0.05) is 24.3 Å². The standard InChI is InChI=1S/C17H14N2O/c1-19(11-13-8-9-20-12-13)17-7-6-14(10-18)15-4-2-3-5-16(15)17/h2-9,12H,11H2,1H3. The van der Waals surface area contributed by atoms with Crippen LogP contribution in [0.15, 0.2) is 59.4 Å². The average molecular weight is 262 g/mol. The lowest BCUT2D eigenvalue weighted by Gasteiger charge is -2.21. The zero-order valence-corrected chi connectivity index (χ0v) is 11.2. The molecule has 0 amide bonds. The van der Waals surface area contributed by atoms with Gasteiger partial charge in [-0.3, -0.25) is 0 Å². The van der Waals surface area contributed by atoms with Gasteiger partial charge >= 0.3 is 0 Å². The molecule has 20 heavy (non-hydrogen) atoms. The summed E-state index contributed by atoms with van der Waals surface area (Å²) < 4.78 is 5.11. The van der Waals surface area contributed by atoms with Gasteiger partial charge in [-0.2, -0.15) is 5.26 Å². The lowest BCUT2D eigenvalue weighted by molar-refractivity contribution is 0.563. The van der Waals surface area contributed by atoms with Crippen molar-refractivity contribution in [3.63, 3.8) is 0 Å². The monoisotopic (exact) mass is 262 g/mol. The summed E-state index contributed by atoms with van der Waals surface area (Å²) in [5.74, 6) is 0. The first-order chi connectivity index (χ1) is 9.79. The Morgan fingerprint density at radius 3 is 2.60 bits per heavy atom. The Kier molecular flexibility index (Phi) is 3.14. The van der Waals surface area contributed by atoms with Crippen molar-refractivity contribution in [1.82, 2.24) is 0 Å². The molecule has 0 aliphatic heterocycles. The van der Waals surface area contributed by atoms with Crippen LogP contribution in [0.2, 0.25) is 0 Å². The molecule has 0 bridgehead atoms. The van der Waals surface area contributed by atoms with Crippen LogP contribution in [-0.2, 0) is 6.54 Å². The van der Waals surface area contributed by atoms with E-state index in [1.165, 1.54) is 0 Å². The molecule has 2 aromatic carbocycles. The minimum Gasteiger partial charge on any atom is -0.472 e. The second-order valence-corrected chi connectivity index (χ2v) is 4.78. The van der Waals surface area contributed by atoms with E-state index in [0.29, 0.717) is 5.56 Å². The lowest BCUT2D eigenvalue weighted by Crippen LogP contribution is -2.16. The van der Waals surface area contributed by atoms with E-state index in [2.05, 4.69) is 17.0 Å². The molecular weight excluding hydrogens is 248 g/mol. The van der Waals surface area contributed by atoms with Crippen LogP contribution in [-0.4, -0.2) is 7.05 Å². The van der Waals surface area contributed by atoms with Gasteiger partial charge in [0.1, 0.15) is 0 Å². The summed E-state index contributed by atoms with van der Waals surface area (Å²) in [4.78, 5) is 2.16. The summed E-state index contributed by atoms with van der Waals surface area (Å²) in [6, 6.07) is 16.1. The number of furan rings is 1. The molecule has 0 fully saturated rings. The van der Waals surface area contributed by atoms with E-state index in [-0.39, 0.29) is 0 Å². The quantitative estimate of drug-likeness (QED) is 0.717. The molecule has 0 N–H and O–H groups in total. The average Bonchev–Trinajstić information content (AvgIpc) is 2.99. The largest absolute Gasteiger partial charge is 0.472 e. The van der Waals surface area contributed by atoms with Gasteiger partial charge < -0.3 is 9.32 Å². The van der Waals surface area contributed by atoms with Crippen LogP contribution in [0.5, 0.6) is 0 Å². The van der Waals surface area contributed by atoms with E-state index in [1.807, 2.05) is 43.4 Å². The van der Waals surface area contributed by atoms with Crippen LogP contribution in [0, 0.1) is 11.3 Å². The van der Waals surface area contributed by atoms with E-state index in [1.54, 1.807) is 12.5 Å². The maximum atomic E-state index is 9.20. The molecule has 3 rings (SSSR count). The summed E-state index contributed by atoms with van der Waals surface area (Å²) in [7, 11) is 2.04. The zero-order valence-electron chi connectivity index (χ0n) is 11.2. The second kappa shape index (κ2) is 5.10. The van der Waals surface area contributed by atoms with Crippen LogP contribution >= 0.6 is 0 Å². The first-order valence-corrected chi connectivity index (χ1v) is 6.43. The van der Waals surface area contributed by atoms with Crippen molar-refractivity contribution in [2.45, 2.75) is 6.54 Å².